The van der Waals surface area contributed by atoms with Crippen LogP contribution in [0.4, 0.5) is 5.69 Å². The predicted octanol–water partition coefficient (Wildman–Crippen LogP) is 2.88. The molecule has 0 aliphatic carbocycles. The lowest BCUT2D eigenvalue weighted by Gasteiger charge is -2.30. The van der Waals surface area contributed by atoms with Gasteiger partial charge in [0.15, 0.2) is 0 Å². The van der Waals surface area contributed by atoms with E-state index in [0.29, 0.717) is 18.8 Å². The van der Waals surface area contributed by atoms with E-state index in [2.05, 4.69) is 18.0 Å². The second kappa shape index (κ2) is 5.56. The van der Waals surface area contributed by atoms with E-state index >= 15 is 0 Å². The van der Waals surface area contributed by atoms with Gasteiger partial charge in [-0.1, -0.05) is 18.2 Å². The zero-order chi connectivity index (χ0) is 14.8. The average Bonchev–Trinajstić information content (AvgIpc) is 2.51. The second-order valence-electron chi connectivity index (χ2n) is 5.26. The van der Waals surface area contributed by atoms with Crippen LogP contribution < -0.4 is 9.64 Å². The molecule has 0 spiro atoms. The lowest BCUT2D eigenvalue weighted by Crippen LogP contribution is -2.34. The maximum atomic E-state index is 12.3. The van der Waals surface area contributed by atoms with Crippen molar-refractivity contribution in [3.8, 4) is 5.88 Å². The molecule has 4 nitrogen and oxygen atoms in total. The molecule has 1 aliphatic rings. The van der Waals surface area contributed by atoms with Crippen molar-refractivity contribution < 1.29 is 9.53 Å². The number of aryl methyl sites for hydroxylation is 1. The van der Waals surface area contributed by atoms with Gasteiger partial charge in [-0.15, -0.1) is 0 Å². The number of rotatable bonds is 3. The second-order valence-corrected chi connectivity index (χ2v) is 5.26. The smallest absolute Gasteiger partial charge is 0.227 e. The first kappa shape index (κ1) is 13.6. The van der Waals surface area contributed by atoms with Gasteiger partial charge in [0, 0.05) is 24.4 Å². The summed E-state index contributed by atoms with van der Waals surface area (Å²) < 4.78 is 5.06. The Bertz CT molecular complexity index is 665. The van der Waals surface area contributed by atoms with E-state index in [1.54, 1.807) is 13.3 Å². The number of pyridine rings is 1. The van der Waals surface area contributed by atoms with Crippen LogP contribution in [-0.4, -0.2) is 18.0 Å². The molecule has 1 aromatic heterocycles. The summed E-state index contributed by atoms with van der Waals surface area (Å²) in [5, 5.41) is 0. The molecular weight excluding hydrogens is 264 g/mol. The molecule has 108 valence electrons. The number of benzene rings is 1. The minimum Gasteiger partial charge on any atom is -0.481 e. The molecule has 1 aromatic carbocycles. The Kier molecular flexibility index (Phi) is 3.60. The quantitative estimate of drug-likeness (QED) is 0.869. The van der Waals surface area contributed by atoms with Crippen molar-refractivity contribution in [3.63, 3.8) is 0 Å². The molecule has 0 atom stereocenters. The van der Waals surface area contributed by atoms with Gasteiger partial charge in [0.2, 0.25) is 11.8 Å². The Hall–Kier alpha value is -2.36. The first-order valence-corrected chi connectivity index (χ1v) is 7.07. The summed E-state index contributed by atoms with van der Waals surface area (Å²) in [5.74, 6) is 0.754. The van der Waals surface area contributed by atoms with Crippen LogP contribution in [0.2, 0.25) is 0 Å². The number of hydrogen-bond acceptors (Lipinski definition) is 3. The topological polar surface area (TPSA) is 42.4 Å². The van der Waals surface area contributed by atoms with Gasteiger partial charge in [-0.05, 0) is 36.1 Å². The number of amides is 1. The lowest BCUT2D eigenvalue weighted by molar-refractivity contribution is -0.119. The van der Waals surface area contributed by atoms with E-state index in [-0.39, 0.29) is 5.91 Å². The van der Waals surface area contributed by atoms with E-state index in [1.807, 2.05) is 29.2 Å². The molecule has 21 heavy (non-hydrogen) atoms. The highest BCUT2D eigenvalue weighted by atomic mass is 16.5. The summed E-state index contributed by atoms with van der Waals surface area (Å²) in [6.45, 7) is 2.65. The van der Waals surface area contributed by atoms with Crippen molar-refractivity contribution in [1.29, 1.82) is 0 Å². The van der Waals surface area contributed by atoms with Gasteiger partial charge in [-0.25, -0.2) is 4.98 Å². The fraction of sp³-hybridized carbons (Fsp3) is 0.294. The summed E-state index contributed by atoms with van der Waals surface area (Å²) in [7, 11) is 1.59. The number of hydrogen-bond donors (Lipinski definition) is 0. The predicted molar refractivity (Wildman–Crippen MR) is 81.5 cm³/mol. The number of carbonyl (C=O) groups is 1. The van der Waals surface area contributed by atoms with Gasteiger partial charge in [-0.2, -0.15) is 0 Å². The molecule has 1 aliphatic heterocycles. The molecule has 2 aromatic rings. The third-order valence-corrected chi connectivity index (χ3v) is 3.91. The normalized spacial score (nSPS) is 14.0. The Morgan fingerprint density at radius 1 is 1.24 bits per heavy atom. The van der Waals surface area contributed by atoms with Crippen LogP contribution in [0.1, 0.15) is 23.1 Å². The molecule has 0 saturated heterocycles. The molecule has 0 unspecified atom stereocenters. The molecule has 0 bridgehead atoms. The van der Waals surface area contributed by atoms with E-state index < -0.39 is 0 Å². The number of fused-ring (bicyclic) bond motifs is 1. The molecule has 3 rings (SSSR count). The van der Waals surface area contributed by atoms with Gasteiger partial charge in [0.25, 0.3) is 0 Å². The highest BCUT2D eigenvalue weighted by Gasteiger charge is 2.25. The molecule has 0 saturated carbocycles. The summed E-state index contributed by atoms with van der Waals surface area (Å²) in [6, 6.07) is 9.90. The zero-order valence-electron chi connectivity index (χ0n) is 12.3. The minimum absolute atomic E-state index is 0.170. The van der Waals surface area contributed by atoms with Crippen molar-refractivity contribution in [3.05, 3.63) is 53.2 Å². The number of aromatic nitrogens is 1. The first-order valence-electron chi connectivity index (χ1n) is 7.07. The molecule has 1 amide bonds. The average molecular weight is 282 g/mol. The first-order chi connectivity index (χ1) is 10.2. The minimum atomic E-state index is 0.170. The number of nitrogens with zero attached hydrogens (tertiary/aromatic N) is 2. The summed E-state index contributed by atoms with van der Waals surface area (Å²) in [5.41, 5.74) is 4.55. The molecule has 0 radical (unpaired) electrons. The summed E-state index contributed by atoms with van der Waals surface area (Å²) in [4.78, 5) is 18.3. The van der Waals surface area contributed by atoms with Crippen LogP contribution in [-0.2, 0) is 17.8 Å². The third kappa shape index (κ3) is 2.61. The van der Waals surface area contributed by atoms with E-state index in [0.717, 1.165) is 17.7 Å². The van der Waals surface area contributed by atoms with Gasteiger partial charge in [0.05, 0.1) is 13.7 Å². The van der Waals surface area contributed by atoms with E-state index in [1.165, 1.54) is 11.1 Å². The molecule has 2 heterocycles. The van der Waals surface area contributed by atoms with Crippen LogP contribution >= 0.6 is 0 Å². The Labute approximate surface area is 124 Å². The summed E-state index contributed by atoms with van der Waals surface area (Å²) in [6.07, 6.45) is 3.16. The van der Waals surface area contributed by atoms with E-state index in [4.69, 9.17) is 4.74 Å². The zero-order valence-corrected chi connectivity index (χ0v) is 12.3. The van der Waals surface area contributed by atoms with Crippen molar-refractivity contribution >= 4 is 11.6 Å². The van der Waals surface area contributed by atoms with Crippen molar-refractivity contribution in [1.82, 2.24) is 4.98 Å². The SMILES string of the molecule is COc1ccc(CN2C(=O)CCc3c(C)cccc32)cn1. The van der Waals surface area contributed by atoms with Crippen LogP contribution in [0.25, 0.3) is 0 Å². The Balaban J connectivity index is 1.91. The fourth-order valence-electron chi connectivity index (χ4n) is 2.75. The molecule has 4 heteroatoms. The van der Waals surface area contributed by atoms with Crippen LogP contribution in [0, 0.1) is 6.92 Å². The number of anilines is 1. The number of ether oxygens (including phenoxy) is 1. The van der Waals surface area contributed by atoms with Crippen LogP contribution in [0.3, 0.4) is 0 Å². The maximum Gasteiger partial charge on any atom is 0.227 e. The van der Waals surface area contributed by atoms with Gasteiger partial charge in [-0.3, -0.25) is 4.79 Å². The maximum absolute atomic E-state index is 12.3. The van der Waals surface area contributed by atoms with Gasteiger partial charge < -0.3 is 9.64 Å². The van der Waals surface area contributed by atoms with Gasteiger partial charge in [0.1, 0.15) is 0 Å². The van der Waals surface area contributed by atoms with Crippen LogP contribution in [0.15, 0.2) is 36.5 Å². The lowest BCUT2D eigenvalue weighted by atomic mass is 9.96. The van der Waals surface area contributed by atoms with Crippen LogP contribution in [0.5, 0.6) is 5.88 Å². The number of methoxy groups -OCH3 is 1. The molecule has 0 N–H and O–H groups in total. The highest BCUT2D eigenvalue weighted by Crippen LogP contribution is 2.31. The molecular formula is C17H18N2O2. The van der Waals surface area contributed by atoms with Crippen molar-refractivity contribution in [2.45, 2.75) is 26.3 Å². The Morgan fingerprint density at radius 2 is 2.10 bits per heavy atom. The van der Waals surface area contributed by atoms with Crippen molar-refractivity contribution in [2.24, 2.45) is 0 Å². The largest absolute Gasteiger partial charge is 0.481 e. The monoisotopic (exact) mass is 282 g/mol. The van der Waals surface area contributed by atoms with Gasteiger partial charge >= 0.3 is 0 Å². The third-order valence-electron chi connectivity index (χ3n) is 3.91. The summed E-state index contributed by atoms with van der Waals surface area (Å²) >= 11 is 0. The number of carbonyl (C=O) groups excluding carboxylic acids is 1. The Morgan fingerprint density at radius 3 is 2.81 bits per heavy atom. The van der Waals surface area contributed by atoms with Crippen molar-refractivity contribution in [2.75, 3.05) is 12.0 Å². The standard InChI is InChI=1S/C17H18N2O2/c1-12-4-3-5-15-14(12)7-9-17(20)19(15)11-13-6-8-16(21-2)18-10-13/h3-6,8,10H,7,9,11H2,1-2H3. The molecule has 0 fully saturated rings. The van der Waals surface area contributed by atoms with E-state index in [9.17, 15) is 4.79 Å². The highest BCUT2D eigenvalue weighted by molar-refractivity contribution is 5.96. The fourth-order valence-corrected chi connectivity index (χ4v) is 2.75.